The van der Waals surface area contributed by atoms with Crippen molar-refractivity contribution in [3.05, 3.63) is 33.9 Å². The Morgan fingerprint density at radius 1 is 1.55 bits per heavy atom. The van der Waals surface area contributed by atoms with Crippen molar-refractivity contribution in [3.63, 3.8) is 0 Å². The largest absolute Gasteiger partial charge is 0.389 e. The van der Waals surface area contributed by atoms with Crippen molar-refractivity contribution in [2.75, 3.05) is 25.5 Å². The highest BCUT2D eigenvalue weighted by Crippen LogP contribution is 2.30. The van der Waals surface area contributed by atoms with E-state index in [-0.39, 0.29) is 18.0 Å². The van der Waals surface area contributed by atoms with Gasteiger partial charge in [-0.2, -0.15) is 0 Å². The van der Waals surface area contributed by atoms with Crippen LogP contribution in [-0.4, -0.2) is 36.6 Å². The average Bonchev–Trinajstić information content (AvgIpc) is 2.43. The van der Waals surface area contributed by atoms with Crippen LogP contribution in [0.15, 0.2) is 18.2 Å². The number of carbonyl (C=O) groups is 1. The Bertz CT molecular complexity index is 502. The second-order valence-corrected chi connectivity index (χ2v) is 4.53. The first kappa shape index (κ1) is 15.9. The van der Waals surface area contributed by atoms with Crippen LogP contribution in [0.1, 0.15) is 25.0 Å². The van der Waals surface area contributed by atoms with E-state index in [2.05, 4.69) is 5.32 Å². The van der Waals surface area contributed by atoms with E-state index in [1.807, 2.05) is 0 Å². The van der Waals surface area contributed by atoms with E-state index in [9.17, 15) is 20.0 Å². The van der Waals surface area contributed by atoms with Crippen LogP contribution in [0.2, 0.25) is 0 Å². The lowest BCUT2D eigenvalue weighted by atomic mass is 10.1. The number of hydrogen-bond acceptors (Lipinski definition) is 5. The first-order valence-electron chi connectivity index (χ1n) is 6.25. The fourth-order valence-electron chi connectivity index (χ4n) is 1.78. The number of aliphatic hydroxyl groups excluding tert-OH is 1. The van der Waals surface area contributed by atoms with Gasteiger partial charge >= 0.3 is 0 Å². The van der Waals surface area contributed by atoms with Crippen LogP contribution >= 0.6 is 0 Å². The molecule has 0 fully saturated rings. The fourth-order valence-corrected chi connectivity index (χ4v) is 1.78. The van der Waals surface area contributed by atoms with Gasteiger partial charge in [-0.25, -0.2) is 0 Å². The number of anilines is 1. The van der Waals surface area contributed by atoms with E-state index in [0.29, 0.717) is 17.8 Å². The molecule has 7 nitrogen and oxygen atoms in total. The van der Waals surface area contributed by atoms with E-state index in [1.165, 1.54) is 6.07 Å². The molecule has 0 aromatic heterocycles. The maximum absolute atomic E-state index is 11.2. The number of nitrogens with zero attached hydrogens (tertiary/aromatic N) is 2. The second kappa shape index (κ2) is 6.85. The lowest BCUT2D eigenvalue weighted by Gasteiger charge is -2.19. The molecular weight excluding hydrogens is 262 g/mol. The summed E-state index contributed by atoms with van der Waals surface area (Å²) in [6.45, 7) is 1.92. The minimum Gasteiger partial charge on any atom is -0.389 e. The standard InChI is InChI=1S/C13H19N3O4/c1-9(17)10-4-5-11(12(8-10)16(19)20)15(3)7-6-13(18)14-2/h4-5,8-9,17H,6-7H2,1-3H3,(H,14,18). The molecule has 0 bridgehead atoms. The first-order chi connectivity index (χ1) is 9.36. The molecule has 1 rings (SSSR count). The number of carbonyl (C=O) groups excluding carboxylic acids is 1. The van der Waals surface area contributed by atoms with E-state index in [0.717, 1.165) is 0 Å². The minimum atomic E-state index is -0.765. The van der Waals surface area contributed by atoms with Gasteiger partial charge in [0.15, 0.2) is 0 Å². The molecule has 0 aliphatic rings. The number of nitro benzene ring substituents is 1. The number of rotatable bonds is 6. The predicted molar refractivity (Wildman–Crippen MR) is 75.7 cm³/mol. The van der Waals surface area contributed by atoms with Gasteiger partial charge in [0.25, 0.3) is 5.69 Å². The molecule has 1 unspecified atom stereocenters. The third kappa shape index (κ3) is 3.92. The quantitative estimate of drug-likeness (QED) is 0.603. The van der Waals surface area contributed by atoms with Gasteiger partial charge in [-0.3, -0.25) is 14.9 Å². The molecule has 0 aliphatic carbocycles. The molecule has 0 aliphatic heterocycles. The molecule has 1 amide bonds. The van der Waals surface area contributed by atoms with Crippen molar-refractivity contribution in [1.82, 2.24) is 5.32 Å². The third-order valence-corrected chi connectivity index (χ3v) is 3.04. The van der Waals surface area contributed by atoms with Gasteiger partial charge in [0.05, 0.1) is 11.0 Å². The highest BCUT2D eigenvalue weighted by atomic mass is 16.6. The number of amides is 1. The molecule has 1 aromatic rings. The summed E-state index contributed by atoms with van der Waals surface area (Å²) < 4.78 is 0. The van der Waals surface area contributed by atoms with Gasteiger partial charge in [-0.1, -0.05) is 6.07 Å². The normalized spacial score (nSPS) is 11.8. The monoisotopic (exact) mass is 281 g/mol. The number of nitrogens with one attached hydrogen (secondary N) is 1. The van der Waals surface area contributed by atoms with Gasteiger partial charge in [0, 0.05) is 33.1 Å². The predicted octanol–water partition coefficient (Wildman–Crippen LogP) is 1.22. The molecule has 1 atom stereocenters. The number of hydrogen-bond donors (Lipinski definition) is 2. The van der Waals surface area contributed by atoms with Gasteiger partial charge in [-0.15, -0.1) is 0 Å². The van der Waals surface area contributed by atoms with Crippen molar-refractivity contribution >= 4 is 17.3 Å². The zero-order chi connectivity index (χ0) is 15.3. The van der Waals surface area contributed by atoms with Crippen molar-refractivity contribution < 1.29 is 14.8 Å². The molecular formula is C13H19N3O4. The number of benzene rings is 1. The Hall–Kier alpha value is -2.15. The van der Waals surface area contributed by atoms with E-state index in [1.54, 1.807) is 38.1 Å². The Morgan fingerprint density at radius 2 is 2.20 bits per heavy atom. The maximum Gasteiger partial charge on any atom is 0.292 e. The Balaban J connectivity index is 2.98. The molecule has 20 heavy (non-hydrogen) atoms. The summed E-state index contributed by atoms with van der Waals surface area (Å²) in [4.78, 5) is 23.5. The van der Waals surface area contributed by atoms with Crippen LogP contribution in [0.4, 0.5) is 11.4 Å². The molecule has 0 saturated carbocycles. The minimum absolute atomic E-state index is 0.0807. The average molecular weight is 281 g/mol. The summed E-state index contributed by atoms with van der Waals surface area (Å²) in [5.41, 5.74) is 0.825. The van der Waals surface area contributed by atoms with Crippen molar-refractivity contribution in [1.29, 1.82) is 0 Å². The summed E-state index contributed by atoms with van der Waals surface area (Å²) in [5.74, 6) is -0.125. The van der Waals surface area contributed by atoms with Crippen LogP contribution in [0.3, 0.4) is 0 Å². The molecule has 1 aromatic carbocycles. The van der Waals surface area contributed by atoms with E-state index < -0.39 is 11.0 Å². The van der Waals surface area contributed by atoms with E-state index >= 15 is 0 Å². The van der Waals surface area contributed by atoms with Crippen LogP contribution in [-0.2, 0) is 4.79 Å². The van der Waals surface area contributed by atoms with Gasteiger partial charge < -0.3 is 15.3 Å². The SMILES string of the molecule is CNC(=O)CCN(C)c1ccc(C(C)O)cc1[N+](=O)[O-]. The number of aliphatic hydroxyl groups is 1. The summed E-state index contributed by atoms with van der Waals surface area (Å²) >= 11 is 0. The summed E-state index contributed by atoms with van der Waals surface area (Å²) in [6.07, 6.45) is -0.513. The topological polar surface area (TPSA) is 95.7 Å². The Kier molecular flexibility index (Phi) is 5.45. The smallest absolute Gasteiger partial charge is 0.292 e. The third-order valence-electron chi connectivity index (χ3n) is 3.04. The Labute approximate surface area is 117 Å². The highest BCUT2D eigenvalue weighted by molar-refractivity contribution is 5.76. The molecule has 0 radical (unpaired) electrons. The van der Waals surface area contributed by atoms with Crippen LogP contribution in [0.25, 0.3) is 0 Å². The van der Waals surface area contributed by atoms with Crippen LogP contribution < -0.4 is 10.2 Å². The lowest BCUT2D eigenvalue weighted by molar-refractivity contribution is -0.384. The zero-order valence-corrected chi connectivity index (χ0v) is 11.8. The second-order valence-electron chi connectivity index (χ2n) is 4.53. The number of nitro groups is 1. The van der Waals surface area contributed by atoms with E-state index in [4.69, 9.17) is 0 Å². The van der Waals surface area contributed by atoms with Crippen molar-refractivity contribution in [3.8, 4) is 0 Å². The molecule has 110 valence electrons. The summed E-state index contributed by atoms with van der Waals surface area (Å²) in [6, 6.07) is 4.59. The summed E-state index contributed by atoms with van der Waals surface area (Å²) in [5, 5.41) is 23.1. The molecule has 2 N–H and O–H groups in total. The molecule has 0 spiro atoms. The maximum atomic E-state index is 11.2. The Morgan fingerprint density at radius 3 is 2.70 bits per heavy atom. The van der Waals surface area contributed by atoms with Crippen LogP contribution in [0, 0.1) is 10.1 Å². The molecule has 0 heterocycles. The van der Waals surface area contributed by atoms with Crippen molar-refractivity contribution in [2.45, 2.75) is 19.4 Å². The van der Waals surface area contributed by atoms with Crippen molar-refractivity contribution in [2.24, 2.45) is 0 Å². The zero-order valence-electron chi connectivity index (χ0n) is 11.8. The van der Waals surface area contributed by atoms with Gasteiger partial charge in [-0.05, 0) is 18.6 Å². The highest BCUT2D eigenvalue weighted by Gasteiger charge is 2.19. The first-order valence-corrected chi connectivity index (χ1v) is 6.25. The van der Waals surface area contributed by atoms with Gasteiger partial charge in [0.1, 0.15) is 5.69 Å². The lowest BCUT2D eigenvalue weighted by Crippen LogP contribution is -2.26. The van der Waals surface area contributed by atoms with Gasteiger partial charge in [0.2, 0.25) is 5.91 Å². The van der Waals surface area contributed by atoms with Crippen LogP contribution in [0.5, 0.6) is 0 Å². The summed E-state index contributed by atoms with van der Waals surface area (Å²) in [7, 11) is 3.23. The molecule has 0 saturated heterocycles. The fraction of sp³-hybridized carbons (Fsp3) is 0.462. The molecule has 7 heteroatoms.